The van der Waals surface area contributed by atoms with Crippen LogP contribution in [-0.2, 0) is 15.1 Å². The minimum absolute atomic E-state index is 0.137. The molecule has 0 fully saturated rings. The quantitative estimate of drug-likeness (QED) is 0.592. The SMILES string of the molecule is CC(C)OC(=O)[C@@](N)(CC(C)(C)C)c1ccc(-n2cc([Si](C)(C)C)nn2)cc1. The fourth-order valence-corrected chi connectivity index (χ4v) is 3.95. The van der Waals surface area contributed by atoms with Crippen molar-refractivity contribution >= 4 is 19.4 Å². The number of carbonyl (C=O) groups excluding carboxylic acids is 1. The Balaban J connectivity index is 2.38. The van der Waals surface area contributed by atoms with Crippen LogP contribution in [0, 0.1) is 5.41 Å². The molecule has 7 heteroatoms. The number of esters is 1. The molecule has 0 unspecified atom stereocenters. The fraction of sp³-hybridized carbons (Fsp3) is 0.571. The second kappa shape index (κ2) is 7.79. The third-order valence-electron chi connectivity index (χ3n) is 4.42. The van der Waals surface area contributed by atoms with Gasteiger partial charge in [0.05, 0.1) is 17.1 Å². The number of nitrogens with two attached hydrogens (primary N) is 1. The van der Waals surface area contributed by atoms with E-state index in [9.17, 15) is 4.79 Å². The molecule has 0 saturated heterocycles. The first-order valence-electron chi connectivity index (χ1n) is 9.76. The van der Waals surface area contributed by atoms with E-state index >= 15 is 0 Å². The topological polar surface area (TPSA) is 83.0 Å². The van der Waals surface area contributed by atoms with Crippen molar-refractivity contribution in [3.63, 3.8) is 0 Å². The highest BCUT2D eigenvalue weighted by Crippen LogP contribution is 2.34. The first-order chi connectivity index (χ1) is 12.7. The fourth-order valence-electron chi connectivity index (χ4n) is 3.09. The van der Waals surface area contributed by atoms with Crippen LogP contribution in [0.25, 0.3) is 5.69 Å². The third kappa shape index (κ3) is 5.29. The van der Waals surface area contributed by atoms with Gasteiger partial charge in [-0.2, -0.15) is 0 Å². The zero-order chi connectivity index (χ0) is 21.3. The van der Waals surface area contributed by atoms with Gasteiger partial charge < -0.3 is 10.5 Å². The molecule has 1 aromatic heterocycles. The van der Waals surface area contributed by atoms with Gasteiger partial charge in [0.2, 0.25) is 0 Å². The van der Waals surface area contributed by atoms with Gasteiger partial charge in [0.15, 0.2) is 0 Å². The minimum atomic E-state index is -1.52. The van der Waals surface area contributed by atoms with E-state index in [1.165, 1.54) is 0 Å². The minimum Gasteiger partial charge on any atom is -0.461 e. The molecule has 0 aliphatic rings. The Hall–Kier alpha value is -1.99. The highest BCUT2D eigenvalue weighted by atomic mass is 28.3. The van der Waals surface area contributed by atoms with Crippen LogP contribution in [0.4, 0.5) is 0 Å². The van der Waals surface area contributed by atoms with Gasteiger partial charge in [-0.25, -0.2) is 9.48 Å². The lowest BCUT2D eigenvalue weighted by Crippen LogP contribution is -2.49. The van der Waals surface area contributed by atoms with E-state index in [4.69, 9.17) is 10.5 Å². The summed E-state index contributed by atoms with van der Waals surface area (Å²) in [7, 11) is -1.52. The van der Waals surface area contributed by atoms with E-state index in [0.29, 0.717) is 6.42 Å². The van der Waals surface area contributed by atoms with Crippen molar-refractivity contribution in [1.29, 1.82) is 0 Å². The van der Waals surface area contributed by atoms with Crippen LogP contribution in [0.1, 0.15) is 46.6 Å². The zero-order valence-electron chi connectivity index (χ0n) is 18.4. The summed E-state index contributed by atoms with van der Waals surface area (Å²) in [5, 5.41) is 9.63. The van der Waals surface area contributed by atoms with Crippen molar-refractivity contribution in [3.8, 4) is 5.69 Å². The van der Waals surface area contributed by atoms with E-state index in [-0.39, 0.29) is 11.5 Å². The summed E-state index contributed by atoms with van der Waals surface area (Å²) in [5.74, 6) is -0.396. The molecule has 0 bridgehead atoms. The molecule has 154 valence electrons. The second-order valence-electron chi connectivity index (χ2n) is 10.0. The maximum absolute atomic E-state index is 12.9. The molecule has 0 aliphatic carbocycles. The maximum atomic E-state index is 12.9. The number of aromatic nitrogens is 3. The van der Waals surface area contributed by atoms with Gasteiger partial charge in [-0.05, 0) is 43.4 Å². The van der Waals surface area contributed by atoms with Crippen LogP contribution >= 0.6 is 0 Å². The van der Waals surface area contributed by atoms with Gasteiger partial charge in [-0.1, -0.05) is 57.8 Å². The molecule has 2 aromatic rings. The van der Waals surface area contributed by atoms with E-state index in [0.717, 1.165) is 16.6 Å². The van der Waals surface area contributed by atoms with Gasteiger partial charge in [0.1, 0.15) is 13.6 Å². The Morgan fingerprint density at radius 3 is 2.18 bits per heavy atom. The van der Waals surface area contributed by atoms with Crippen LogP contribution in [0.2, 0.25) is 19.6 Å². The highest BCUT2D eigenvalue weighted by molar-refractivity contribution is 6.88. The van der Waals surface area contributed by atoms with Crippen molar-refractivity contribution < 1.29 is 9.53 Å². The molecule has 0 spiro atoms. The molecule has 0 aliphatic heterocycles. The van der Waals surface area contributed by atoms with Crippen LogP contribution in [0.15, 0.2) is 30.5 Å². The summed E-state index contributed by atoms with van der Waals surface area (Å²) in [5.41, 5.74) is 6.93. The number of ether oxygens (including phenoxy) is 1. The molecule has 1 heterocycles. The first-order valence-corrected chi connectivity index (χ1v) is 13.3. The molecule has 28 heavy (non-hydrogen) atoms. The normalized spacial score (nSPS) is 14.8. The summed E-state index contributed by atoms with van der Waals surface area (Å²) < 4.78 is 7.25. The predicted molar refractivity (Wildman–Crippen MR) is 116 cm³/mol. The number of hydrogen-bond donors (Lipinski definition) is 1. The van der Waals surface area contributed by atoms with Gasteiger partial charge in [0, 0.05) is 6.20 Å². The lowest BCUT2D eigenvalue weighted by atomic mass is 9.76. The summed E-state index contributed by atoms with van der Waals surface area (Å²) >= 11 is 0. The van der Waals surface area contributed by atoms with Crippen molar-refractivity contribution in [2.24, 2.45) is 11.1 Å². The Morgan fingerprint density at radius 1 is 1.18 bits per heavy atom. The summed E-state index contributed by atoms with van der Waals surface area (Å²) in [6, 6.07) is 7.62. The van der Waals surface area contributed by atoms with Gasteiger partial charge in [0.25, 0.3) is 0 Å². The molecule has 2 N–H and O–H groups in total. The Labute approximate surface area is 169 Å². The molecule has 0 radical (unpaired) electrons. The van der Waals surface area contributed by atoms with Crippen molar-refractivity contribution in [3.05, 3.63) is 36.0 Å². The Bertz CT molecular complexity index is 816. The van der Waals surface area contributed by atoms with E-state index in [2.05, 4.69) is 50.7 Å². The molecule has 0 saturated carbocycles. The average Bonchev–Trinajstić information content (AvgIpc) is 3.03. The van der Waals surface area contributed by atoms with E-state index < -0.39 is 19.6 Å². The average molecular weight is 403 g/mol. The van der Waals surface area contributed by atoms with Gasteiger partial charge in [-0.15, -0.1) is 5.10 Å². The smallest absolute Gasteiger partial charge is 0.331 e. The molecular formula is C21H34N4O2Si. The van der Waals surface area contributed by atoms with E-state index in [1.807, 2.05) is 44.3 Å². The molecular weight excluding hydrogens is 368 g/mol. The summed E-state index contributed by atoms with van der Waals surface area (Å²) in [6.45, 7) is 16.6. The predicted octanol–water partition coefficient (Wildman–Crippen LogP) is 3.35. The Morgan fingerprint density at radius 2 is 1.75 bits per heavy atom. The molecule has 1 atom stereocenters. The number of carbonyl (C=O) groups is 1. The van der Waals surface area contributed by atoms with Crippen LogP contribution in [0.3, 0.4) is 0 Å². The number of benzene rings is 1. The zero-order valence-corrected chi connectivity index (χ0v) is 19.4. The Kier molecular flexibility index (Phi) is 6.21. The lowest BCUT2D eigenvalue weighted by Gasteiger charge is -2.34. The maximum Gasteiger partial charge on any atom is 0.331 e. The number of rotatable bonds is 6. The summed E-state index contributed by atoms with van der Waals surface area (Å²) in [6.07, 6.45) is 2.25. The molecule has 1 aromatic carbocycles. The van der Waals surface area contributed by atoms with E-state index in [1.54, 1.807) is 4.68 Å². The van der Waals surface area contributed by atoms with Crippen molar-refractivity contribution in [1.82, 2.24) is 15.0 Å². The first kappa shape index (κ1) is 22.3. The molecule has 6 nitrogen and oxygen atoms in total. The van der Waals surface area contributed by atoms with Crippen LogP contribution in [0.5, 0.6) is 0 Å². The van der Waals surface area contributed by atoms with Crippen molar-refractivity contribution in [2.45, 2.75) is 72.3 Å². The number of nitrogens with zero attached hydrogens (tertiary/aromatic N) is 3. The summed E-state index contributed by atoms with van der Waals surface area (Å²) in [4.78, 5) is 12.9. The highest BCUT2D eigenvalue weighted by Gasteiger charge is 2.41. The largest absolute Gasteiger partial charge is 0.461 e. The standard InChI is InChI=1S/C21H34N4O2Si/c1-15(2)27-19(26)21(22,14-20(3,4)5)16-9-11-17(12-10-16)25-13-18(23-24-25)28(6,7)8/h9-13,15H,14,22H2,1-8H3/t21-/m1/s1. The van der Waals surface area contributed by atoms with Gasteiger partial charge in [-0.3, -0.25) is 0 Å². The van der Waals surface area contributed by atoms with Crippen LogP contribution < -0.4 is 11.1 Å². The molecule has 0 amide bonds. The molecule has 2 rings (SSSR count). The van der Waals surface area contributed by atoms with Crippen molar-refractivity contribution in [2.75, 3.05) is 0 Å². The number of hydrogen-bond acceptors (Lipinski definition) is 5. The van der Waals surface area contributed by atoms with Crippen LogP contribution in [-0.4, -0.2) is 35.1 Å². The third-order valence-corrected chi connectivity index (χ3v) is 6.19. The second-order valence-corrected chi connectivity index (χ2v) is 15.0. The monoisotopic (exact) mass is 402 g/mol. The lowest BCUT2D eigenvalue weighted by molar-refractivity contribution is -0.156. The van der Waals surface area contributed by atoms with Gasteiger partial charge >= 0.3 is 5.97 Å².